The summed E-state index contributed by atoms with van der Waals surface area (Å²) >= 11 is 0. The first-order valence-corrected chi connectivity index (χ1v) is 18.9. The van der Waals surface area contributed by atoms with E-state index in [1.807, 2.05) is 95.6 Å². The van der Waals surface area contributed by atoms with E-state index in [0.29, 0.717) is 33.5 Å². The third-order valence-electron chi connectivity index (χ3n) is 11.6. The summed E-state index contributed by atoms with van der Waals surface area (Å²) in [4.78, 5) is 0. The highest BCUT2D eigenvalue weighted by Crippen LogP contribution is 2.44. The summed E-state index contributed by atoms with van der Waals surface area (Å²) in [5.74, 6) is 0. The second-order valence-corrected chi connectivity index (χ2v) is 14.6. The van der Waals surface area contributed by atoms with Gasteiger partial charge < -0.3 is 18.0 Å². The molecular weight excluding hydrogens is 715 g/mol. The molecule has 12 aromatic rings. The number of fused-ring (bicyclic) bond motifs is 14. The van der Waals surface area contributed by atoms with Crippen molar-refractivity contribution in [2.75, 3.05) is 0 Å². The lowest BCUT2D eigenvalue weighted by Gasteiger charge is -2.15. The van der Waals surface area contributed by atoms with Gasteiger partial charge in [0, 0.05) is 54.5 Å². The predicted octanol–water partition coefficient (Wildman–Crippen LogP) is 13.0. The summed E-state index contributed by atoms with van der Waals surface area (Å²) in [6.07, 6.45) is 0. The van der Waals surface area contributed by atoms with E-state index in [1.54, 1.807) is 12.1 Å². The minimum atomic E-state index is 0.347. The highest BCUT2D eigenvalue weighted by molar-refractivity contribution is 6.27. The minimum Gasteiger partial charge on any atom is -0.456 e. The lowest BCUT2D eigenvalue weighted by atomic mass is 9.93. The number of aromatic nitrogens is 2. The summed E-state index contributed by atoms with van der Waals surface area (Å²) in [6.45, 7) is 0. The summed E-state index contributed by atoms with van der Waals surface area (Å²) in [5.41, 5.74) is 10.5. The fourth-order valence-corrected chi connectivity index (χ4v) is 9.22. The van der Waals surface area contributed by atoms with Crippen LogP contribution in [-0.2, 0) is 0 Å². The SMILES string of the molecule is N#Cc1cc(-n2c3ccccc3c3c4c(ccc32)oc2ccccc24)ccc1-c1cc(C#N)c(-n2c3ccccc3c3c4oc5ccccc5c4ccc32)cc1C#N. The van der Waals surface area contributed by atoms with Crippen LogP contribution >= 0.6 is 0 Å². The molecule has 0 fully saturated rings. The number of furan rings is 2. The Kier molecular flexibility index (Phi) is 6.41. The molecule has 0 aliphatic heterocycles. The van der Waals surface area contributed by atoms with Crippen LogP contribution in [0.4, 0.5) is 0 Å². The Morgan fingerprint density at radius 2 is 0.983 bits per heavy atom. The van der Waals surface area contributed by atoms with Crippen molar-refractivity contribution in [2.24, 2.45) is 0 Å². The number of nitriles is 3. The molecule has 266 valence electrons. The summed E-state index contributed by atoms with van der Waals surface area (Å²) in [7, 11) is 0. The van der Waals surface area contributed by atoms with Crippen molar-refractivity contribution in [2.45, 2.75) is 0 Å². The van der Waals surface area contributed by atoms with Gasteiger partial charge in [-0.1, -0.05) is 78.9 Å². The van der Waals surface area contributed by atoms with E-state index in [2.05, 4.69) is 71.3 Å². The third kappa shape index (κ3) is 4.18. The van der Waals surface area contributed by atoms with E-state index in [4.69, 9.17) is 8.83 Å². The van der Waals surface area contributed by atoms with Crippen LogP contribution in [0.3, 0.4) is 0 Å². The molecule has 4 aromatic heterocycles. The van der Waals surface area contributed by atoms with Crippen molar-refractivity contribution in [3.63, 3.8) is 0 Å². The minimum absolute atomic E-state index is 0.347. The van der Waals surface area contributed by atoms with Crippen LogP contribution in [-0.4, -0.2) is 9.13 Å². The van der Waals surface area contributed by atoms with Crippen LogP contribution in [0.2, 0.25) is 0 Å². The predicted molar refractivity (Wildman–Crippen MR) is 229 cm³/mol. The highest BCUT2D eigenvalue weighted by Gasteiger charge is 2.24. The molecule has 4 heterocycles. The molecule has 0 radical (unpaired) electrons. The van der Waals surface area contributed by atoms with E-state index < -0.39 is 0 Å². The molecule has 8 aromatic carbocycles. The van der Waals surface area contributed by atoms with Crippen LogP contribution in [0.5, 0.6) is 0 Å². The zero-order valence-electron chi connectivity index (χ0n) is 30.5. The lowest BCUT2D eigenvalue weighted by Crippen LogP contribution is -2.01. The molecule has 0 amide bonds. The van der Waals surface area contributed by atoms with Crippen molar-refractivity contribution in [3.8, 4) is 40.7 Å². The fraction of sp³-hybridized carbons (Fsp3) is 0. The summed E-state index contributed by atoms with van der Waals surface area (Å²) < 4.78 is 16.9. The van der Waals surface area contributed by atoms with Gasteiger partial charge in [0.2, 0.25) is 0 Å². The monoisotopic (exact) mass is 739 g/mol. The van der Waals surface area contributed by atoms with Gasteiger partial charge in [0.25, 0.3) is 0 Å². The smallest absolute Gasteiger partial charge is 0.145 e. The van der Waals surface area contributed by atoms with E-state index in [-0.39, 0.29) is 0 Å². The maximum atomic E-state index is 10.7. The van der Waals surface area contributed by atoms with E-state index in [1.165, 1.54) is 0 Å². The summed E-state index contributed by atoms with van der Waals surface area (Å²) in [6, 6.07) is 57.0. The van der Waals surface area contributed by atoms with Gasteiger partial charge in [-0.2, -0.15) is 15.8 Å². The van der Waals surface area contributed by atoms with Gasteiger partial charge in [0.05, 0.1) is 62.0 Å². The highest BCUT2D eigenvalue weighted by atomic mass is 16.3. The molecule has 0 unspecified atom stereocenters. The molecule has 0 bridgehead atoms. The second kappa shape index (κ2) is 11.7. The maximum absolute atomic E-state index is 10.7. The number of nitrogens with zero attached hydrogens (tertiary/aromatic N) is 5. The zero-order valence-corrected chi connectivity index (χ0v) is 30.5. The largest absolute Gasteiger partial charge is 0.456 e. The number of benzene rings is 8. The topological polar surface area (TPSA) is 108 Å². The Labute approximate surface area is 329 Å². The van der Waals surface area contributed by atoms with Crippen molar-refractivity contribution >= 4 is 87.5 Å². The van der Waals surface area contributed by atoms with Gasteiger partial charge in [0.1, 0.15) is 28.4 Å². The first-order chi connectivity index (χ1) is 28.6. The van der Waals surface area contributed by atoms with Crippen LogP contribution < -0.4 is 0 Å². The van der Waals surface area contributed by atoms with Gasteiger partial charge in [-0.3, -0.25) is 0 Å². The van der Waals surface area contributed by atoms with E-state index in [0.717, 1.165) is 93.2 Å². The normalized spacial score (nSPS) is 11.7. The standard InChI is InChI=1S/C51H25N5O2/c52-26-29-23-32(55-40-13-5-1-10-36(40)48-42(55)21-22-47-50(48)38-12-4-8-16-46(38)57-47)17-18-33(29)39-24-31(28-54)44(25-30(39)27-53)56-41-14-6-2-11-37(41)49-43(56)20-19-35-34-9-3-7-15-45(34)58-51(35)49/h1-25H. The van der Waals surface area contributed by atoms with Crippen LogP contribution in [0.25, 0.3) is 110 Å². The molecule has 58 heavy (non-hydrogen) atoms. The number of hydrogen-bond donors (Lipinski definition) is 0. The van der Waals surface area contributed by atoms with Crippen LogP contribution in [0.15, 0.2) is 160 Å². The molecule has 7 nitrogen and oxygen atoms in total. The average Bonchev–Trinajstić information content (AvgIpc) is 4.03. The number of para-hydroxylation sites is 4. The van der Waals surface area contributed by atoms with Gasteiger partial charge in [0.15, 0.2) is 0 Å². The number of rotatable bonds is 3. The molecule has 0 spiro atoms. The van der Waals surface area contributed by atoms with Crippen LogP contribution in [0, 0.1) is 34.0 Å². The maximum Gasteiger partial charge on any atom is 0.145 e. The molecule has 0 N–H and O–H groups in total. The quantitative estimate of drug-likeness (QED) is 0.179. The van der Waals surface area contributed by atoms with Crippen LogP contribution in [0.1, 0.15) is 16.7 Å². The average molecular weight is 740 g/mol. The molecule has 0 aliphatic rings. The molecule has 7 heteroatoms. The second-order valence-electron chi connectivity index (χ2n) is 14.6. The van der Waals surface area contributed by atoms with Crippen molar-refractivity contribution in [1.29, 1.82) is 15.8 Å². The third-order valence-corrected chi connectivity index (χ3v) is 11.6. The molecule has 0 saturated carbocycles. The van der Waals surface area contributed by atoms with E-state index in [9.17, 15) is 15.8 Å². The Morgan fingerprint density at radius 1 is 0.379 bits per heavy atom. The van der Waals surface area contributed by atoms with Crippen molar-refractivity contribution in [1.82, 2.24) is 9.13 Å². The van der Waals surface area contributed by atoms with Crippen molar-refractivity contribution < 1.29 is 8.83 Å². The zero-order chi connectivity index (χ0) is 38.6. The molecular formula is C51H25N5O2. The number of hydrogen-bond acceptors (Lipinski definition) is 5. The first kappa shape index (κ1) is 31.7. The molecule has 0 aliphatic carbocycles. The first-order valence-electron chi connectivity index (χ1n) is 18.9. The molecule has 0 atom stereocenters. The van der Waals surface area contributed by atoms with Crippen molar-refractivity contribution in [3.05, 3.63) is 168 Å². The summed E-state index contributed by atoms with van der Waals surface area (Å²) in [5, 5.41) is 40.4. The van der Waals surface area contributed by atoms with Gasteiger partial charge >= 0.3 is 0 Å². The van der Waals surface area contributed by atoms with E-state index >= 15 is 0 Å². The Morgan fingerprint density at radius 3 is 1.74 bits per heavy atom. The lowest BCUT2D eigenvalue weighted by molar-refractivity contribution is 0.669. The Bertz CT molecular complexity index is 3910. The fourth-order valence-electron chi connectivity index (χ4n) is 9.22. The van der Waals surface area contributed by atoms with Gasteiger partial charge in [-0.25, -0.2) is 0 Å². The van der Waals surface area contributed by atoms with Gasteiger partial charge in [-0.05, 0) is 72.8 Å². The Balaban J connectivity index is 1.06. The molecule has 0 saturated heterocycles. The Hall–Kier alpha value is -8.57. The molecule has 12 rings (SSSR count). The van der Waals surface area contributed by atoms with Gasteiger partial charge in [-0.15, -0.1) is 0 Å².